The van der Waals surface area contributed by atoms with E-state index in [-0.39, 0.29) is 5.97 Å². The van der Waals surface area contributed by atoms with Crippen LogP contribution in [0.15, 0.2) is 24.3 Å². The topological polar surface area (TPSA) is 52.3 Å². The number of nitrogen functional groups attached to an aromatic ring is 1. The second-order valence-electron chi connectivity index (χ2n) is 5.43. The highest BCUT2D eigenvalue weighted by molar-refractivity contribution is 5.69. The minimum atomic E-state index is -0.0811. The van der Waals surface area contributed by atoms with Crippen LogP contribution in [0.2, 0.25) is 0 Å². The number of hydrogen-bond donors (Lipinski definition) is 1. The molecule has 0 bridgehead atoms. The summed E-state index contributed by atoms with van der Waals surface area (Å²) in [5, 5.41) is 0. The molecule has 0 aliphatic heterocycles. The van der Waals surface area contributed by atoms with Crippen molar-refractivity contribution in [1.82, 2.24) is 0 Å². The van der Waals surface area contributed by atoms with Gasteiger partial charge in [-0.1, -0.05) is 31.4 Å². The van der Waals surface area contributed by atoms with E-state index >= 15 is 0 Å². The van der Waals surface area contributed by atoms with E-state index in [9.17, 15) is 4.79 Å². The number of benzene rings is 1. The molecule has 0 saturated heterocycles. The standard InChI is InChI=1S/C16H23NO2/c17-15-9-6-13(7-10-15)8-11-16(18)19-12-14-4-2-1-3-5-14/h6-7,9-10,14H,1-5,8,11-12,17H2. The number of ether oxygens (including phenoxy) is 1. The van der Waals surface area contributed by atoms with Crippen molar-refractivity contribution in [2.24, 2.45) is 5.92 Å². The molecule has 3 nitrogen and oxygen atoms in total. The summed E-state index contributed by atoms with van der Waals surface area (Å²) in [6, 6.07) is 7.65. The Hall–Kier alpha value is -1.51. The van der Waals surface area contributed by atoms with E-state index < -0.39 is 0 Å². The van der Waals surface area contributed by atoms with Gasteiger partial charge in [0, 0.05) is 12.1 Å². The molecule has 1 aliphatic rings. The molecule has 1 fully saturated rings. The lowest BCUT2D eigenvalue weighted by Gasteiger charge is -2.21. The maximum absolute atomic E-state index is 11.7. The van der Waals surface area contributed by atoms with E-state index in [0.29, 0.717) is 18.9 Å². The molecule has 0 atom stereocenters. The molecule has 3 heteroatoms. The summed E-state index contributed by atoms with van der Waals surface area (Å²) in [6.45, 7) is 0.612. The van der Waals surface area contributed by atoms with Gasteiger partial charge in [0.2, 0.25) is 0 Å². The Morgan fingerprint density at radius 3 is 2.53 bits per heavy atom. The van der Waals surface area contributed by atoms with Crippen LogP contribution in [0.3, 0.4) is 0 Å². The van der Waals surface area contributed by atoms with Crippen LogP contribution in [-0.4, -0.2) is 12.6 Å². The van der Waals surface area contributed by atoms with Gasteiger partial charge in [-0.3, -0.25) is 4.79 Å². The highest BCUT2D eigenvalue weighted by Gasteiger charge is 2.15. The first-order chi connectivity index (χ1) is 9.24. The molecule has 0 heterocycles. The molecule has 1 aliphatic carbocycles. The molecular formula is C16H23NO2. The van der Waals surface area contributed by atoms with Crippen LogP contribution < -0.4 is 5.73 Å². The number of aryl methyl sites for hydroxylation is 1. The normalized spacial score (nSPS) is 16.2. The van der Waals surface area contributed by atoms with Gasteiger partial charge in [0.1, 0.15) is 0 Å². The predicted molar refractivity (Wildman–Crippen MR) is 76.7 cm³/mol. The molecule has 0 aromatic heterocycles. The Kier molecular flexibility index (Phi) is 5.25. The zero-order valence-corrected chi connectivity index (χ0v) is 11.4. The van der Waals surface area contributed by atoms with Crippen molar-refractivity contribution in [2.45, 2.75) is 44.9 Å². The van der Waals surface area contributed by atoms with Crippen LogP contribution in [0, 0.1) is 5.92 Å². The van der Waals surface area contributed by atoms with Crippen molar-refractivity contribution >= 4 is 11.7 Å². The van der Waals surface area contributed by atoms with Crippen LogP contribution in [0.4, 0.5) is 5.69 Å². The lowest BCUT2D eigenvalue weighted by atomic mass is 9.90. The third kappa shape index (κ3) is 4.93. The van der Waals surface area contributed by atoms with Crippen molar-refractivity contribution in [1.29, 1.82) is 0 Å². The first kappa shape index (κ1) is 13.9. The van der Waals surface area contributed by atoms with Crippen molar-refractivity contribution in [3.8, 4) is 0 Å². The second-order valence-corrected chi connectivity index (χ2v) is 5.43. The maximum atomic E-state index is 11.7. The summed E-state index contributed by atoms with van der Waals surface area (Å²) in [7, 11) is 0. The van der Waals surface area contributed by atoms with Gasteiger partial charge in [0.25, 0.3) is 0 Å². The number of anilines is 1. The van der Waals surface area contributed by atoms with E-state index in [4.69, 9.17) is 10.5 Å². The summed E-state index contributed by atoms with van der Waals surface area (Å²) in [6.07, 6.45) is 7.51. The Balaban J connectivity index is 1.65. The monoisotopic (exact) mass is 261 g/mol. The molecule has 1 aromatic carbocycles. The molecular weight excluding hydrogens is 238 g/mol. The molecule has 0 spiro atoms. The minimum Gasteiger partial charge on any atom is -0.465 e. The number of nitrogens with two attached hydrogens (primary N) is 1. The van der Waals surface area contributed by atoms with Crippen LogP contribution in [0.25, 0.3) is 0 Å². The van der Waals surface area contributed by atoms with E-state index in [2.05, 4.69) is 0 Å². The van der Waals surface area contributed by atoms with E-state index in [1.807, 2.05) is 24.3 Å². The van der Waals surface area contributed by atoms with Gasteiger partial charge in [-0.25, -0.2) is 0 Å². The lowest BCUT2D eigenvalue weighted by molar-refractivity contribution is -0.145. The number of carbonyl (C=O) groups excluding carboxylic acids is 1. The fourth-order valence-corrected chi connectivity index (χ4v) is 2.57. The molecule has 2 N–H and O–H groups in total. The zero-order valence-electron chi connectivity index (χ0n) is 11.4. The second kappa shape index (κ2) is 7.17. The molecule has 0 radical (unpaired) electrons. The van der Waals surface area contributed by atoms with Gasteiger partial charge >= 0.3 is 5.97 Å². The van der Waals surface area contributed by atoms with E-state index in [1.54, 1.807) is 0 Å². The SMILES string of the molecule is Nc1ccc(CCC(=O)OCC2CCCCC2)cc1. The first-order valence-corrected chi connectivity index (χ1v) is 7.24. The third-order valence-electron chi connectivity index (χ3n) is 3.80. The van der Waals surface area contributed by atoms with E-state index in [1.165, 1.54) is 32.1 Å². The Bertz CT molecular complexity index is 394. The number of esters is 1. The average molecular weight is 261 g/mol. The van der Waals surface area contributed by atoms with Crippen LogP contribution >= 0.6 is 0 Å². The molecule has 0 amide bonds. The van der Waals surface area contributed by atoms with Crippen molar-refractivity contribution in [2.75, 3.05) is 12.3 Å². The van der Waals surface area contributed by atoms with Crippen LogP contribution in [0.1, 0.15) is 44.1 Å². The fraction of sp³-hybridized carbons (Fsp3) is 0.562. The summed E-state index contributed by atoms with van der Waals surface area (Å²) < 4.78 is 5.36. The van der Waals surface area contributed by atoms with Crippen molar-refractivity contribution < 1.29 is 9.53 Å². The quantitative estimate of drug-likeness (QED) is 0.653. The summed E-state index contributed by atoms with van der Waals surface area (Å²) in [4.78, 5) is 11.7. The highest BCUT2D eigenvalue weighted by Crippen LogP contribution is 2.23. The fourth-order valence-electron chi connectivity index (χ4n) is 2.57. The van der Waals surface area contributed by atoms with Crippen molar-refractivity contribution in [3.63, 3.8) is 0 Å². The number of rotatable bonds is 5. The average Bonchev–Trinajstić information content (AvgIpc) is 2.45. The largest absolute Gasteiger partial charge is 0.465 e. The number of hydrogen-bond acceptors (Lipinski definition) is 3. The first-order valence-electron chi connectivity index (χ1n) is 7.24. The minimum absolute atomic E-state index is 0.0811. The van der Waals surface area contributed by atoms with Crippen molar-refractivity contribution in [3.05, 3.63) is 29.8 Å². The smallest absolute Gasteiger partial charge is 0.306 e. The van der Waals surface area contributed by atoms with Gasteiger partial charge in [-0.15, -0.1) is 0 Å². The Labute approximate surface area is 115 Å². The number of carbonyl (C=O) groups is 1. The lowest BCUT2D eigenvalue weighted by Crippen LogP contribution is -2.17. The van der Waals surface area contributed by atoms with Crippen LogP contribution in [-0.2, 0) is 16.0 Å². The maximum Gasteiger partial charge on any atom is 0.306 e. The molecule has 19 heavy (non-hydrogen) atoms. The summed E-state index contributed by atoms with van der Waals surface area (Å²) in [5.74, 6) is 0.511. The van der Waals surface area contributed by atoms with Gasteiger partial charge in [-0.05, 0) is 42.9 Å². The van der Waals surface area contributed by atoms with Gasteiger partial charge < -0.3 is 10.5 Å². The molecule has 1 saturated carbocycles. The molecule has 104 valence electrons. The van der Waals surface area contributed by atoms with Gasteiger partial charge in [0.05, 0.1) is 6.61 Å². The molecule has 1 aromatic rings. The molecule has 2 rings (SSSR count). The Morgan fingerprint density at radius 1 is 1.16 bits per heavy atom. The zero-order chi connectivity index (χ0) is 13.5. The predicted octanol–water partition coefficient (Wildman–Crippen LogP) is 3.32. The summed E-state index contributed by atoms with van der Waals surface area (Å²) in [5.41, 5.74) is 7.50. The van der Waals surface area contributed by atoms with Crippen LogP contribution in [0.5, 0.6) is 0 Å². The third-order valence-corrected chi connectivity index (χ3v) is 3.80. The highest BCUT2D eigenvalue weighted by atomic mass is 16.5. The summed E-state index contributed by atoms with van der Waals surface area (Å²) >= 11 is 0. The van der Waals surface area contributed by atoms with Gasteiger partial charge in [0.15, 0.2) is 0 Å². The molecule has 0 unspecified atom stereocenters. The van der Waals surface area contributed by atoms with E-state index in [0.717, 1.165) is 17.7 Å². The Morgan fingerprint density at radius 2 is 1.84 bits per heavy atom. The van der Waals surface area contributed by atoms with Gasteiger partial charge in [-0.2, -0.15) is 0 Å².